The molecule has 5 heteroatoms. The third-order valence-electron chi connectivity index (χ3n) is 4.54. The van der Waals surface area contributed by atoms with Crippen LogP contribution in [0.25, 0.3) is 10.2 Å². The summed E-state index contributed by atoms with van der Waals surface area (Å²) in [5.41, 5.74) is 3.14. The molecule has 4 aromatic rings. The van der Waals surface area contributed by atoms with Crippen LogP contribution in [0.5, 0.6) is 5.75 Å². The molecule has 1 N–H and O–H groups in total. The minimum atomic E-state index is 0.0277. The number of benzene rings is 3. The number of amides is 1. The smallest absolute Gasteiger partial charge is 0.220 e. The van der Waals surface area contributed by atoms with E-state index in [1.807, 2.05) is 72.8 Å². The van der Waals surface area contributed by atoms with Crippen molar-refractivity contribution >= 4 is 27.5 Å². The van der Waals surface area contributed by atoms with Crippen LogP contribution in [0.15, 0.2) is 78.9 Å². The first kappa shape index (κ1) is 19.2. The van der Waals surface area contributed by atoms with E-state index in [9.17, 15) is 4.79 Å². The average Bonchev–Trinajstić information content (AvgIpc) is 3.19. The zero-order chi connectivity index (χ0) is 19.9. The third kappa shape index (κ3) is 5.42. The molecule has 0 unspecified atom stereocenters. The van der Waals surface area contributed by atoms with Gasteiger partial charge in [0, 0.05) is 19.4 Å². The van der Waals surface area contributed by atoms with Gasteiger partial charge in [0.1, 0.15) is 12.4 Å². The Morgan fingerprint density at radius 1 is 0.931 bits per heavy atom. The van der Waals surface area contributed by atoms with Gasteiger partial charge in [0.2, 0.25) is 5.91 Å². The molecule has 3 aromatic carbocycles. The summed E-state index contributed by atoms with van der Waals surface area (Å²) < 4.78 is 7.02. The Kier molecular flexibility index (Phi) is 6.17. The van der Waals surface area contributed by atoms with E-state index in [1.165, 1.54) is 0 Å². The van der Waals surface area contributed by atoms with Gasteiger partial charge in [-0.25, -0.2) is 4.98 Å². The maximum Gasteiger partial charge on any atom is 0.220 e. The van der Waals surface area contributed by atoms with E-state index in [1.54, 1.807) is 11.3 Å². The summed E-state index contributed by atoms with van der Waals surface area (Å²) in [4.78, 5) is 16.8. The van der Waals surface area contributed by atoms with Gasteiger partial charge in [-0.1, -0.05) is 54.6 Å². The lowest BCUT2D eigenvalue weighted by atomic mass is 10.2. The van der Waals surface area contributed by atoms with E-state index < -0.39 is 0 Å². The first-order chi connectivity index (χ1) is 14.3. The zero-order valence-corrected chi connectivity index (χ0v) is 16.8. The highest BCUT2D eigenvalue weighted by Gasteiger charge is 2.07. The van der Waals surface area contributed by atoms with Crippen molar-refractivity contribution in [3.05, 3.63) is 95.0 Å². The predicted octanol–water partition coefficient (Wildman–Crippen LogP) is 5.12. The number of carbonyl (C=O) groups excluding carboxylic acids is 1. The molecular formula is C24H22N2O2S. The minimum Gasteiger partial charge on any atom is -0.489 e. The number of aryl methyl sites for hydroxylation is 1. The van der Waals surface area contributed by atoms with Crippen LogP contribution in [0.2, 0.25) is 0 Å². The van der Waals surface area contributed by atoms with Crippen molar-refractivity contribution in [1.29, 1.82) is 0 Å². The zero-order valence-electron chi connectivity index (χ0n) is 16.0. The Hall–Kier alpha value is -3.18. The van der Waals surface area contributed by atoms with Gasteiger partial charge in [0.15, 0.2) is 0 Å². The van der Waals surface area contributed by atoms with Gasteiger partial charge in [-0.15, -0.1) is 11.3 Å². The van der Waals surface area contributed by atoms with E-state index in [0.29, 0.717) is 26.0 Å². The fourth-order valence-electron chi connectivity index (χ4n) is 3.02. The van der Waals surface area contributed by atoms with Crippen LogP contribution in [0.3, 0.4) is 0 Å². The van der Waals surface area contributed by atoms with Crippen LogP contribution in [0, 0.1) is 0 Å². The van der Waals surface area contributed by atoms with Gasteiger partial charge < -0.3 is 10.1 Å². The normalized spacial score (nSPS) is 10.8. The highest BCUT2D eigenvalue weighted by molar-refractivity contribution is 7.18. The molecule has 1 heterocycles. The number of aromatic nitrogens is 1. The van der Waals surface area contributed by atoms with Crippen molar-refractivity contribution < 1.29 is 9.53 Å². The lowest BCUT2D eigenvalue weighted by Gasteiger charge is -2.09. The minimum absolute atomic E-state index is 0.0277. The molecule has 0 saturated heterocycles. The number of para-hydroxylation sites is 1. The molecule has 29 heavy (non-hydrogen) atoms. The summed E-state index contributed by atoms with van der Waals surface area (Å²) in [7, 11) is 0. The van der Waals surface area contributed by atoms with E-state index in [-0.39, 0.29) is 5.91 Å². The molecule has 0 saturated carbocycles. The Labute approximate surface area is 174 Å². The van der Waals surface area contributed by atoms with E-state index in [4.69, 9.17) is 4.74 Å². The molecule has 0 aliphatic heterocycles. The van der Waals surface area contributed by atoms with Crippen LogP contribution >= 0.6 is 11.3 Å². The Morgan fingerprint density at radius 2 is 1.72 bits per heavy atom. The summed E-state index contributed by atoms with van der Waals surface area (Å²) in [6.07, 6.45) is 1.09. The maximum atomic E-state index is 12.2. The van der Waals surface area contributed by atoms with Gasteiger partial charge >= 0.3 is 0 Å². The number of nitrogens with one attached hydrogen (secondary N) is 1. The second-order valence-corrected chi connectivity index (χ2v) is 7.89. The summed E-state index contributed by atoms with van der Waals surface area (Å²) in [6.45, 7) is 1.01. The van der Waals surface area contributed by atoms with Gasteiger partial charge in [0.05, 0.1) is 15.2 Å². The Bertz CT molecular complexity index is 1060. The van der Waals surface area contributed by atoms with Gasteiger partial charge in [-0.2, -0.15) is 0 Å². The molecular weight excluding hydrogens is 380 g/mol. The first-order valence-corrected chi connectivity index (χ1v) is 10.4. The number of thiazole rings is 1. The molecule has 1 aromatic heterocycles. The lowest BCUT2D eigenvalue weighted by Crippen LogP contribution is -2.23. The highest BCUT2D eigenvalue weighted by Crippen LogP contribution is 2.22. The number of ether oxygens (including phenoxy) is 1. The first-order valence-electron chi connectivity index (χ1n) is 9.63. The Morgan fingerprint density at radius 3 is 2.59 bits per heavy atom. The summed E-state index contributed by atoms with van der Waals surface area (Å²) in [6, 6.07) is 26.0. The van der Waals surface area contributed by atoms with Crippen LogP contribution in [-0.2, 0) is 24.4 Å². The molecule has 0 atom stereocenters. The van der Waals surface area contributed by atoms with Crippen LogP contribution in [0.4, 0.5) is 0 Å². The third-order valence-corrected chi connectivity index (χ3v) is 5.64. The molecule has 0 spiro atoms. The fraction of sp³-hybridized carbons (Fsp3) is 0.167. The molecule has 1 amide bonds. The summed E-state index contributed by atoms with van der Waals surface area (Å²) in [5, 5.41) is 3.98. The van der Waals surface area contributed by atoms with Crippen LogP contribution in [-0.4, -0.2) is 10.9 Å². The molecule has 0 fully saturated rings. The van der Waals surface area contributed by atoms with E-state index in [0.717, 1.165) is 32.1 Å². The highest BCUT2D eigenvalue weighted by atomic mass is 32.1. The van der Waals surface area contributed by atoms with Gasteiger partial charge in [-0.05, 0) is 35.4 Å². The van der Waals surface area contributed by atoms with Crippen molar-refractivity contribution in [2.24, 2.45) is 0 Å². The van der Waals surface area contributed by atoms with Crippen LogP contribution in [0.1, 0.15) is 22.6 Å². The van der Waals surface area contributed by atoms with Crippen molar-refractivity contribution in [2.75, 3.05) is 0 Å². The van der Waals surface area contributed by atoms with Crippen molar-refractivity contribution in [3.63, 3.8) is 0 Å². The second kappa shape index (κ2) is 9.34. The van der Waals surface area contributed by atoms with Crippen molar-refractivity contribution in [3.8, 4) is 5.75 Å². The number of hydrogen-bond donors (Lipinski definition) is 1. The second-order valence-electron chi connectivity index (χ2n) is 6.77. The molecule has 4 rings (SSSR count). The van der Waals surface area contributed by atoms with Gasteiger partial charge in [0.25, 0.3) is 0 Å². The quantitative estimate of drug-likeness (QED) is 0.445. The fourth-order valence-corrected chi connectivity index (χ4v) is 3.99. The lowest BCUT2D eigenvalue weighted by molar-refractivity contribution is -0.121. The number of rotatable bonds is 8. The summed E-state index contributed by atoms with van der Waals surface area (Å²) in [5.74, 6) is 0.829. The molecule has 0 radical (unpaired) electrons. The standard InChI is InChI=1S/C24H22N2O2S/c27-23(13-14-24-26-21-11-4-5-12-22(21)29-24)25-16-19-9-6-10-20(15-19)28-17-18-7-2-1-3-8-18/h1-12,15H,13-14,16-17H2,(H,25,27). The molecule has 4 nitrogen and oxygen atoms in total. The van der Waals surface area contributed by atoms with E-state index >= 15 is 0 Å². The topological polar surface area (TPSA) is 51.2 Å². The van der Waals surface area contributed by atoms with Gasteiger partial charge in [-0.3, -0.25) is 4.79 Å². The molecule has 146 valence electrons. The predicted molar refractivity (Wildman–Crippen MR) is 117 cm³/mol. The monoisotopic (exact) mass is 402 g/mol. The number of carbonyl (C=O) groups is 1. The number of fused-ring (bicyclic) bond motifs is 1. The SMILES string of the molecule is O=C(CCc1nc2ccccc2s1)NCc1cccc(OCc2ccccc2)c1. The molecule has 0 aliphatic rings. The Balaban J connectivity index is 1.25. The molecule has 0 aliphatic carbocycles. The number of nitrogens with zero attached hydrogens (tertiary/aromatic N) is 1. The van der Waals surface area contributed by atoms with Crippen LogP contribution < -0.4 is 10.1 Å². The summed E-state index contributed by atoms with van der Waals surface area (Å²) >= 11 is 1.65. The maximum absolute atomic E-state index is 12.2. The van der Waals surface area contributed by atoms with E-state index in [2.05, 4.69) is 16.4 Å². The van der Waals surface area contributed by atoms with Crippen molar-refractivity contribution in [2.45, 2.75) is 26.0 Å². The number of hydrogen-bond acceptors (Lipinski definition) is 4. The largest absolute Gasteiger partial charge is 0.489 e. The van der Waals surface area contributed by atoms with Crippen molar-refractivity contribution in [1.82, 2.24) is 10.3 Å². The molecule has 0 bridgehead atoms. The average molecular weight is 403 g/mol.